The average Bonchev–Trinajstić information content (AvgIpc) is 3.20. The molecular weight excluding hydrogens is 358 g/mol. The number of hydrogen-bond donors (Lipinski definition) is 1. The Balaban J connectivity index is 1.34. The fourth-order valence-electron chi connectivity index (χ4n) is 2.03. The van der Waals surface area contributed by atoms with Gasteiger partial charge in [0.05, 0.1) is 12.8 Å². The Bertz CT molecular complexity index is 821. The first-order valence-electron chi connectivity index (χ1n) is 7.86. The molecule has 0 atom stereocenters. The van der Waals surface area contributed by atoms with E-state index >= 15 is 0 Å². The smallest absolute Gasteiger partial charge is 0.258 e. The third-order valence-electron chi connectivity index (χ3n) is 3.27. The number of carbonyl (C=O) groups is 1. The maximum atomic E-state index is 11.7. The Morgan fingerprint density at radius 1 is 1.08 bits per heavy atom. The fourth-order valence-corrected chi connectivity index (χ4v) is 2.16. The van der Waals surface area contributed by atoms with Crippen LogP contribution in [0.5, 0.6) is 11.6 Å². The minimum atomic E-state index is -0.247. The van der Waals surface area contributed by atoms with Gasteiger partial charge in [-0.1, -0.05) is 11.6 Å². The van der Waals surface area contributed by atoms with Crippen LogP contribution >= 0.6 is 11.6 Å². The number of carbonyl (C=O) groups excluding carboxylic acids is 1. The van der Waals surface area contributed by atoms with E-state index in [1.165, 1.54) is 0 Å². The summed E-state index contributed by atoms with van der Waals surface area (Å²) in [5.74, 6) is 1.33. The molecule has 7 nitrogen and oxygen atoms in total. The highest BCUT2D eigenvalue weighted by molar-refractivity contribution is 6.30. The summed E-state index contributed by atoms with van der Waals surface area (Å²) in [7, 11) is 0. The number of aromatic nitrogens is 2. The van der Waals surface area contributed by atoms with Gasteiger partial charge in [0.2, 0.25) is 5.88 Å². The Morgan fingerprint density at radius 2 is 1.92 bits per heavy atom. The lowest BCUT2D eigenvalue weighted by atomic mass is 10.3. The second kappa shape index (κ2) is 8.87. The molecule has 0 saturated heterocycles. The minimum Gasteiger partial charge on any atom is -0.484 e. The van der Waals surface area contributed by atoms with Gasteiger partial charge in [0.1, 0.15) is 18.1 Å². The molecule has 3 rings (SSSR count). The van der Waals surface area contributed by atoms with E-state index in [9.17, 15) is 4.79 Å². The van der Waals surface area contributed by atoms with Crippen molar-refractivity contribution >= 4 is 17.5 Å². The van der Waals surface area contributed by atoms with Crippen molar-refractivity contribution in [2.24, 2.45) is 0 Å². The first-order chi connectivity index (χ1) is 12.7. The SMILES string of the molecule is O=C(COc1ccc(Cl)cc1)NCCOc1ccc(-c2ccco2)nn1. The molecule has 8 heteroatoms. The zero-order valence-corrected chi connectivity index (χ0v) is 14.5. The Kier molecular flexibility index (Phi) is 6.05. The topological polar surface area (TPSA) is 86.5 Å². The van der Waals surface area contributed by atoms with Gasteiger partial charge in [-0.3, -0.25) is 4.79 Å². The zero-order valence-electron chi connectivity index (χ0n) is 13.7. The van der Waals surface area contributed by atoms with Gasteiger partial charge in [0, 0.05) is 11.1 Å². The molecule has 0 aliphatic carbocycles. The van der Waals surface area contributed by atoms with Crippen LogP contribution in [-0.2, 0) is 4.79 Å². The summed E-state index contributed by atoms with van der Waals surface area (Å²) < 4.78 is 16.0. The lowest BCUT2D eigenvalue weighted by Crippen LogP contribution is -2.32. The number of ether oxygens (including phenoxy) is 2. The largest absolute Gasteiger partial charge is 0.484 e. The lowest BCUT2D eigenvalue weighted by Gasteiger charge is -2.08. The zero-order chi connectivity index (χ0) is 18.2. The van der Waals surface area contributed by atoms with Crippen LogP contribution in [0.3, 0.4) is 0 Å². The second-order valence-corrected chi connectivity index (χ2v) is 5.61. The van der Waals surface area contributed by atoms with Crippen LogP contribution in [0.25, 0.3) is 11.5 Å². The molecule has 0 bridgehead atoms. The third-order valence-corrected chi connectivity index (χ3v) is 3.52. The fraction of sp³-hybridized carbons (Fsp3) is 0.167. The molecule has 0 saturated carbocycles. The van der Waals surface area contributed by atoms with Crippen molar-refractivity contribution in [3.8, 4) is 23.1 Å². The van der Waals surface area contributed by atoms with Crippen LogP contribution in [-0.4, -0.2) is 35.9 Å². The average molecular weight is 374 g/mol. The summed E-state index contributed by atoms with van der Waals surface area (Å²) in [4.78, 5) is 11.7. The summed E-state index contributed by atoms with van der Waals surface area (Å²) in [6.45, 7) is 0.505. The van der Waals surface area contributed by atoms with Crippen LogP contribution in [0.1, 0.15) is 0 Å². The van der Waals surface area contributed by atoms with E-state index in [1.54, 1.807) is 54.8 Å². The number of amides is 1. The quantitative estimate of drug-likeness (QED) is 0.611. The van der Waals surface area contributed by atoms with E-state index in [1.807, 2.05) is 0 Å². The normalized spacial score (nSPS) is 10.3. The van der Waals surface area contributed by atoms with Crippen molar-refractivity contribution in [1.29, 1.82) is 0 Å². The molecular formula is C18H16ClN3O4. The van der Waals surface area contributed by atoms with Crippen LogP contribution in [0.4, 0.5) is 0 Å². The van der Waals surface area contributed by atoms with Gasteiger partial charge in [-0.2, -0.15) is 0 Å². The van der Waals surface area contributed by atoms with Gasteiger partial charge in [0.25, 0.3) is 5.91 Å². The number of hydrogen-bond acceptors (Lipinski definition) is 6. The molecule has 3 aromatic rings. The Hall–Kier alpha value is -3.06. The van der Waals surface area contributed by atoms with Crippen LogP contribution in [0.15, 0.2) is 59.2 Å². The van der Waals surface area contributed by atoms with Crippen molar-refractivity contribution in [3.05, 3.63) is 59.8 Å². The highest BCUT2D eigenvalue weighted by Gasteiger charge is 2.05. The molecule has 2 heterocycles. The summed E-state index contributed by atoms with van der Waals surface area (Å²) >= 11 is 5.78. The third kappa shape index (κ3) is 5.22. The van der Waals surface area contributed by atoms with E-state index in [2.05, 4.69) is 15.5 Å². The predicted molar refractivity (Wildman–Crippen MR) is 95.2 cm³/mol. The molecule has 26 heavy (non-hydrogen) atoms. The predicted octanol–water partition coefficient (Wildman–Crippen LogP) is 2.96. The van der Waals surface area contributed by atoms with Crippen molar-refractivity contribution in [2.45, 2.75) is 0 Å². The standard InChI is InChI=1S/C18H16ClN3O4/c19-13-3-5-14(6-4-13)26-12-17(23)20-9-11-25-18-8-7-15(21-22-18)16-2-1-10-24-16/h1-8,10H,9,11-12H2,(H,20,23). The van der Waals surface area contributed by atoms with Crippen LogP contribution in [0.2, 0.25) is 5.02 Å². The summed E-state index contributed by atoms with van der Waals surface area (Å²) in [5, 5.41) is 11.3. The molecule has 2 aromatic heterocycles. The number of nitrogens with zero attached hydrogens (tertiary/aromatic N) is 2. The molecule has 0 unspecified atom stereocenters. The van der Waals surface area contributed by atoms with Gasteiger partial charge in [-0.15, -0.1) is 10.2 Å². The second-order valence-electron chi connectivity index (χ2n) is 5.18. The van der Waals surface area contributed by atoms with Crippen molar-refractivity contribution in [3.63, 3.8) is 0 Å². The molecule has 0 radical (unpaired) electrons. The molecule has 0 spiro atoms. The maximum Gasteiger partial charge on any atom is 0.258 e. The van der Waals surface area contributed by atoms with Gasteiger partial charge in [-0.05, 0) is 42.5 Å². The molecule has 0 aliphatic rings. The highest BCUT2D eigenvalue weighted by atomic mass is 35.5. The van der Waals surface area contributed by atoms with Gasteiger partial charge < -0.3 is 19.2 Å². The van der Waals surface area contributed by atoms with E-state index in [4.69, 9.17) is 25.5 Å². The molecule has 0 aliphatic heterocycles. The van der Waals surface area contributed by atoms with Crippen LogP contribution < -0.4 is 14.8 Å². The molecule has 1 aromatic carbocycles. The molecule has 1 amide bonds. The first-order valence-corrected chi connectivity index (χ1v) is 8.24. The lowest BCUT2D eigenvalue weighted by molar-refractivity contribution is -0.123. The molecule has 1 N–H and O–H groups in total. The summed E-state index contributed by atoms with van der Waals surface area (Å²) in [6, 6.07) is 13.8. The van der Waals surface area contributed by atoms with Gasteiger partial charge in [0.15, 0.2) is 12.4 Å². The summed E-state index contributed by atoms with van der Waals surface area (Å²) in [5.41, 5.74) is 0.620. The van der Waals surface area contributed by atoms with Crippen molar-refractivity contribution in [2.75, 3.05) is 19.8 Å². The van der Waals surface area contributed by atoms with Gasteiger partial charge >= 0.3 is 0 Å². The van der Waals surface area contributed by atoms with Crippen molar-refractivity contribution in [1.82, 2.24) is 15.5 Å². The summed E-state index contributed by atoms with van der Waals surface area (Å²) in [6.07, 6.45) is 1.57. The number of nitrogens with one attached hydrogen (secondary N) is 1. The molecule has 0 fully saturated rings. The monoisotopic (exact) mass is 373 g/mol. The number of rotatable bonds is 8. The minimum absolute atomic E-state index is 0.0840. The van der Waals surface area contributed by atoms with E-state index in [0.717, 1.165) is 0 Å². The van der Waals surface area contributed by atoms with E-state index < -0.39 is 0 Å². The number of benzene rings is 1. The van der Waals surface area contributed by atoms with Crippen LogP contribution in [0, 0.1) is 0 Å². The van der Waals surface area contributed by atoms with Gasteiger partial charge in [-0.25, -0.2) is 0 Å². The molecule has 134 valence electrons. The maximum absolute atomic E-state index is 11.7. The highest BCUT2D eigenvalue weighted by Crippen LogP contribution is 2.17. The first kappa shape index (κ1) is 17.8. The van der Waals surface area contributed by atoms with Crippen molar-refractivity contribution < 1.29 is 18.7 Å². The number of furan rings is 1. The number of halogens is 1. The Labute approximate surface area is 154 Å². The van der Waals surface area contributed by atoms with E-state index in [-0.39, 0.29) is 19.1 Å². The van der Waals surface area contributed by atoms with E-state index in [0.29, 0.717) is 34.7 Å². The Morgan fingerprint density at radius 3 is 2.62 bits per heavy atom.